The number of hydrogen-bond acceptors (Lipinski definition) is 6. The van der Waals surface area contributed by atoms with E-state index in [0.717, 1.165) is 44.7 Å². The molecule has 0 bridgehead atoms. The van der Waals surface area contributed by atoms with Crippen LogP contribution < -0.4 is 15.4 Å². The summed E-state index contributed by atoms with van der Waals surface area (Å²) in [5, 5.41) is 6.56. The molecule has 20 heavy (non-hydrogen) atoms. The van der Waals surface area contributed by atoms with Crippen molar-refractivity contribution in [2.24, 2.45) is 0 Å². The Hall–Kier alpha value is -1.40. The average Bonchev–Trinajstić information content (AvgIpc) is 2.51. The van der Waals surface area contributed by atoms with E-state index in [0.29, 0.717) is 25.2 Å². The number of anilines is 1. The first-order chi connectivity index (χ1) is 9.88. The highest BCUT2D eigenvalue weighted by Crippen LogP contribution is 2.11. The van der Waals surface area contributed by atoms with E-state index in [2.05, 4.69) is 27.5 Å². The number of ether oxygens (including phenoxy) is 2. The molecule has 0 aliphatic carbocycles. The minimum atomic E-state index is 0.395. The van der Waals surface area contributed by atoms with Gasteiger partial charge in [-0.05, 0) is 32.4 Å². The summed E-state index contributed by atoms with van der Waals surface area (Å²) < 4.78 is 11.3. The van der Waals surface area contributed by atoms with Crippen LogP contribution in [0.3, 0.4) is 0 Å². The molecule has 1 aromatic heterocycles. The highest BCUT2D eigenvalue weighted by molar-refractivity contribution is 5.36. The van der Waals surface area contributed by atoms with Gasteiger partial charge >= 0.3 is 0 Å². The van der Waals surface area contributed by atoms with Crippen molar-refractivity contribution in [1.29, 1.82) is 0 Å². The third-order valence-electron chi connectivity index (χ3n) is 3.14. The number of piperidine rings is 1. The van der Waals surface area contributed by atoms with Crippen molar-refractivity contribution in [2.45, 2.75) is 32.3 Å². The van der Waals surface area contributed by atoms with Crippen LogP contribution in [0.2, 0.25) is 0 Å². The Balaban J connectivity index is 1.65. The van der Waals surface area contributed by atoms with E-state index in [9.17, 15) is 0 Å². The highest BCUT2D eigenvalue weighted by atomic mass is 16.5. The van der Waals surface area contributed by atoms with Crippen molar-refractivity contribution in [3.63, 3.8) is 0 Å². The highest BCUT2D eigenvalue weighted by Gasteiger charge is 2.12. The van der Waals surface area contributed by atoms with E-state index >= 15 is 0 Å². The van der Waals surface area contributed by atoms with Gasteiger partial charge in [-0.2, -0.15) is 0 Å². The number of nitrogens with one attached hydrogen (secondary N) is 2. The maximum absolute atomic E-state index is 5.82. The van der Waals surface area contributed by atoms with E-state index in [4.69, 9.17) is 9.47 Å². The van der Waals surface area contributed by atoms with E-state index < -0.39 is 0 Å². The van der Waals surface area contributed by atoms with Crippen LogP contribution in [-0.2, 0) is 4.74 Å². The van der Waals surface area contributed by atoms with Gasteiger partial charge in [0, 0.05) is 12.6 Å². The van der Waals surface area contributed by atoms with E-state index in [1.807, 2.05) is 6.07 Å². The van der Waals surface area contributed by atoms with Gasteiger partial charge < -0.3 is 20.1 Å². The first kappa shape index (κ1) is 15.0. The Morgan fingerprint density at radius 1 is 1.30 bits per heavy atom. The second kappa shape index (κ2) is 8.71. The number of aromatic nitrogens is 2. The standard InChI is InChI=1S/C14H24N4O2/c1-2-8-20-14-10-13(17-11-18-14)16-7-9-19-12-3-5-15-6-4-12/h10-12,15H,2-9H2,1H3,(H,16,17,18). The van der Waals surface area contributed by atoms with E-state index in [1.165, 1.54) is 6.33 Å². The van der Waals surface area contributed by atoms with Crippen LogP contribution in [0, 0.1) is 0 Å². The maximum Gasteiger partial charge on any atom is 0.218 e. The zero-order chi connectivity index (χ0) is 14.0. The molecule has 0 aromatic carbocycles. The van der Waals surface area contributed by atoms with Gasteiger partial charge in [-0.15, -0.1) is 0 Å². The van der Waals surface area contributed by atoms with Crippen LogP contribution in [0.15, 0.2) is 12.4 Å². The minimum Gasteiger partial charge on any atom is -0.478 e. The minimum absolute atomic E-state index is 0.395. The summed E-state index contributed by atoms with van der Waals surface area (Å²) in [6, 6.07) is 1.82. The molecule has 6 heteroatoms. The lowest BCUT2D eigenvalue weighted by Gasteiger charge is -2.23. The molecular weight excluding hydrogens is 256 g/mol. The summed E-state index contributed by atoms with van der Waals surface area (Å²) in [5.74, 6) is 1.39. The third-order valence-corrected chi connectivity index (χ3v) is 3.14. The summed E-state index contributed by atoms with van der Waals surface area (Å²) in [4.78, 5) is 8.23. The molecule has 6 nitrogen and oxygen atoms in total. The average molecular weight is 280 g/mol. The fourth-order valence-electron chi connectivity index (χ4n) is 2.09. The predicted molar refractivity (Wildman–Crippen MR) is 78.2 cm³/mol. The van der Waals surface area contributed by atoms with Crippen LogP contribution in [0.4, 0.5) is 5.82 Å². The monoisotopic (exact) mass is 280 g/mol. The Morgan fingerprint density at radius 3 is 2.95 bits per heavy atom. The van der Waals surface area contributed by atoms with Crippen LogP contribution in [0.5, 0.6) is 5.88 Å². The van der Waals surface area contributed by atoms with Gasteiger partial charge in [-0.1, -0.05) is 6.92 Å². The lowest BCUT2D eigenvalue weighted by atomic mass is 10.1. The zero-order valence-electron chi connectivity index (χ0n) is 12.1. The second-order valence-electron chi connectivity index (χ2n) is 4.84. The first-order valence-electron chi connectivity index (χ1n) is 7.39. The van der Waals surface area contributed by atoms with Crippen molar-refractivity contribution in [3.05, 3.63) is 12.4 Å². The maximum atomic E-state index is 5.82. The number of nitrogens with zero attached hydrogens (tertiary/aromatic N) is 2. The summed E-state index contributed by atoms with van der Waals surface area (Å²) in [6.07, 6.45) is 5.08. The lowest BCUT2D eigenvalue weighted by Crippen LogP contribution is -2.33. The normalized spacial score (nSPS) is 16.1. The smallest absolute Gasteiger partial charge is 0.218 e. The summed E-state index contributed by atoms with van der Waals surface area (Å²) in [5.41, 5.74) is 0. The molecule has 1 aliphatic rings. The van der Waals surface area contributed by atoms with Crippen molar-refractivity contribution < 1.29 is 9.47 Å². The first-order valence-corrected chi connectivity index (χ1v) is 7.39. The molecule has 1 fully saturated rings. The summed E-state index contributed by atoms with van der Waals surface area (Å²) >= 11 is 0. The van der Waals surface area contributed by atoms with Crippen LogP contribution >= 0.6 is 0 Å². The summed E-state index contributed by atoms with van der Waals surface area (Å²) in [7, 11) is 0. The molecule has 0 radical (unpaired) electrons. The topological polar surface area (TPSA) is 68.3 Å². The molecule has 0 unspecified atom stereocenters. The Morgan fingerprint density at radius 2 is 2.15 bits per heavy atom. The fourth-order valence-corrected chi connectivity index (χ4v) is 2.09. The van der Waals surface area contributed by atoms with Crippen LogP contribution in [0.25, 0.3) is 0 Å². The van der Waals surface area contributed by atoms with Crippen molar-refractivity contribution in [3.8, 4) is 5.88 Å². The molecule has 0 amide bonds. The number of rotatable bonds is 8. The Labute approximate surface area is 120 Å². The van der Waals surface area contributed by atoms with Crippen LogP contribution in [-0.4, -0.2) is 48.9 Å². The number of hydrogen-bond donors (Lipinski definition) is 2. The predicted octanol–water partition coefficient (Wildman–Crippen LogP) is 1.45. The lowest BCUT2D eigenvalue weighted by molar-refractivity contribution is 0.0394. The molecule has 1 aromatic rings. The molecule has 112 valence electrons. The molecule has 1 saturated heterocycles. The quantitative estimate of drug-likeness (QED) is 0.702. The Bertz CT molecular complexity index is 383. The van der Waals surface area contributed by atoms with Gasteiger partial charge in [0.1, 0.15) is 12.1 Å². The SMILES string of the molecule is CCCOc1cc(NCCOC2CCNCC2)ncn1. The van der Waals surface area contributed by atoms with Gasteiger partial charge in [0.2, 0.25) is 5.88 Å². The second-order valence-corrected chi connectivity index (χ2v) is 4.84. The molecule has 0 saturated carbocycles. The third kappa shape index (κ3) is 5.30. The summed E-state index contributed by atoms with van der Waals surface area (Å²) in [6.45, 7) is 6.30. The van der Waals surface area contributed by atoms with Gasteiger partial charge in [-0.3, -0.25) is 0 Å². The van der Waals surface area contributed by atoms with Gasteiger partial charge in [0.15, 0.2) is 0 Å². The van der Waals surface area contributed by atoms with Gasteiger partial charge in [-0.25, -0.2) is 9.97 Å². The van der Waals surface area contributed by atoms with Crippen molar-refractivity contribution in [1.82, 2.24) is 15.3 Å². The Kier molecular flexibility index (Phi) is 6.53. The fraction of sp³-hybridized carbons (Fsp3) is 0.714. The molecule has 2 rings (SSSR count). The molecular formula is C14H24N4O2. The van der Waals surface area contributed by atoms with E-state index in [1.54, 1.807) is 0 Å². The molecule has 2 N–H and O–H groups in total. The van der Waals surface area contributed by atoms with Crippen molar-refractivity contribution in [2.75, 3.05) is 38.2 Å². The van der Waals surface area contributed by atoms with Gasteiger partial charge in [0.25, 0.3) is 0 Å². The largest absolute Gasteiger partial charge is 0.478 e. The molecule has 0 atom stereocenters. The van der Waals surface area contributed by atoms with E-state index in [-0.39, 0.29) is 0 Å². The van der Waals surface area contributed by atoms with Crippen LogP contribution in [0.1, 0.15) is 26.2 Å². The zero-order valence-corrected chi connectivity index (χ0v) is 12.1. The van der Waals surface area contributed by atoms with Gasteiger partial charge in [0.05, 0.1) is 19.3 Å². The van der Waals surface area contributed by atoms with Crippen molar-refractivity contribution >= 4 is 5.82 Å². The molecule has 2 heterocycles. The molecule has 1 aliphatic heterocycles. The molecule has 0 spiro atoms.